The van der Waals surface area contributed by atoms with Crippen molar-refractivity contribution in [2.75, 3.05) is 0 Å². The van der Waals surface area contributed by atoms with Gasteiger partial charge in [0.25, 0.3) is 5.78 Å². The number of hydrogen-bond donors (Lipinski definition) is 1. The van der Waals surface area contributed by atoms with Gasteiger partial charge in [0.15, 0.2) is 6.29 Å². The smallest absolute Gasteiger partial charge is 0.363 e. The van der Waals surface area contributed by atoms with Crippen LogP contribution >= 0.6 is 0 Å². The second-order valence-electron chi connectivity index (χ2n) is 5.65. The summed E-state index contributed by atoms with van der Waals surface area (Å²) in [6.45, 7) is 0. The van der Waals surface area contributed by atoms with Gasteiger partial charge in [-0.2, -0.15) is 13.2 Å². The van der Waals surface area contributed by atoms with Gasteiger partial charge >= 0.3 is 6.18 Å². The van der Waals surface area contributed by atoms with Crippen molar-refractivity contribution in [2.45, 2.75) is 55.5 Å². The zero-order chi connectivity index (χ0) is 16.6. The molecule has 0 aromatic heterocycles. The van der Waals surface area contributed by atoms with Gasteiger partial charge in [-0.15, -0.1) is 0 Å². The number of nitrogens with one attached hydrogen (secondary N) is 1. The van der Waals surface area contributed by atoms with E-state index in [9.17, 15) is 32.3 Å². The fourth-order valence-corrected chi connectivity index (χ4v) is 2.90. The minimum atomic E-state index is -5.08. The minimum Gasteiger partial charge on any atom is -0.363 e. The Hall–Kier alpha value is -1.77. The Balaban J connectivity index is 2.05. The number of rotatable bonds is 7. The van der Waals surface area contributed by atoms with Crippen molar-refractivity contribution >= 4 is 24.3 Å². The zero-order valence-electron chi connectivity index (χ0n) is 11.4. The van der Waals surface area contributed by atoms with Gasteiger partial charge in [-0.25, -0.2) is 0 Å². The summed E-state index contributed by atoms with van der Waals surface area (Å²) in [4.78, 5) is 44.1. The summed E-state index contributed by atoms with van der Waals surface area (Å²) >= 11 is 0. The molecule has 0 aliphatic heterocycles. The van der Waals surface area contributed by atoms with Gasteiger partial charge in [-0.05, 0) is 19.3 Å². The van der Waals surface area contributed by atoms with E-state index in [1.165, 1.54) is 0 Å². The van der Waals surface area contributed by atoms with Gasteiger partial charge in [-0.1, -0.05) is 0 Å². The second-order valence-corrected chi connectivity index (χ2v) is 5.65. The van der Waals surface area contributed by atoms with Crippen molar-refractivity contribution < 1.29 is 37.1 Å². The molecule has 2 fully saturated rings. The summed E-state index contributed by atoms with van der Waals surface area (Å²) in [5.41, 5.74) is -3.32. The van der Waals surface area contributed by atoms with Crippen LogP contribution in [0.1, 0.15) is 32.1 Å². The Morgan fingerprint density at radius 3 is 2.14 bits per heavy atom. The molecule has 2 rings (SSSR count). The van der Waals surface area contributed by atoms with Crippen LogP contribution in [0.3, 0.4) is 0 Å². The quantitative estimate of drug-likeness (QED) is 0.544. The molecule has 1 amide bonds. The Morgan fingerprint density at radius 1 is 1.18 bits per heavy atom. The first-order chi connectivity index (χ1) is 10.2. The third-order valence-electron chi connectivity index (χ3n) is 4.29. The molecule has 0 atom stereocenters. The van der Waals surface area contributed by atoms with Crippen molar-refractivity contribution in [1.82, 2.24) is 5.32 Å². The average Bonchev–Trinajstić information content (AvgIpc) is 2.36. The Bertz CT molecular complexity index is 506. The van der Waals surface area contributed by atoms with E-state index in [0.29, 0.717) is 19.3 Å². The third kappa shape index (κ3) is 2.65. The highest BCUT2D eigenvalue weighted by atomic mass is 19.4. The fourth-order valence-electron chi connectivity index (χ4n) is 2.90. The Kier molecular flexibility index (Phi) is 4.12. The van der Waals surface area contributed by atoms with Crippen LogP contribution < -0.4 is 5.32 Å². The van der Waals surface area contributed by atoms with E-state index >= 15 is 0 Å². The maximum Gasteiger partial charge on any atom is 0.452 e. The highest BCUT2D eigenvalue weighted by Gasteiger charge is 2.61. The van der Waals surface area contributed by atoms with Gasteiger partial charge in [0.1, 0.15) is 11.1 Å². The zero-order valence-corrected chi connectivity index (χ0v) is 11.4. The van der Waals surface area contributed by atoms with E-state index in [4.69, 9.17) is 4.74 Å². The first-order valence-electron chi connectivity index (χ1n) is 6.69. The number of amides is 1. The average molecular weight is 321 g/mol. The van der Waals surface area contributed by atoms with Crippen LogP contribution in [0.15, 0.2) is 0 Å². The molecule has 0 unspecified atom stereocenters. The van der Waals surface area contributed by atoms with Gasteiger partial charge in [0.05, 0.1) is 6.10 Å². The van der Waals surface area contributed by atoms with Crippen LogP contribution in [0.2, 0.25) is 0 Å². The first kappa shape index (κ1) is 16.6. The number of Topliss-reactive ketones (excluding diaryl/α,β-unsaturated/α-hetero) is 2. The molecule has 9 heteroatoms. The van der Waals surface area contributed by atoms with E-state index in [2.05, 4.69) is 0 Å². The summed E-state index contributed by atoms with van der Waals surface area (Å²) in [7, 11) is 0. The Labute approximate surface area is 123 Å². The fraction of sp³-hybridized carbons (Fsp3) is 0.692. The van der Waals surface area contributed by atoms with E-state index in [1.807, 2.05) is 5.32 Å². The molecular formula is C13H14F3NO5. The molecule has 122 valence electrons. The van der Waals surface area contributed by atoms with Gasteiger partial charge in [0, 0.05) is 12.8 Å². The van der Waals surface area contributed by atoms with Gasteiger partial charge < -0.3 is 10.1 Å². The van der Waals surface area contributed by atoms with E-state index in [1.54, 1.807) is 0 Å². The van der Waals surface area contributed by atoms with Gasteiger partial charge in [-0.3, -0.25) is 19.2 Å². The number of ketones is 2. The largest absolute Gasteiger partial charge is 0.452 e. The van der Waals surface area contributed by atoms with Crippen molar-refractivity contribution in [2.24, 2.45) is 0 Å². The van der Waals surface area contributed by atoms with E-state index < -0.39 is 35.0 Å². The number of hydrogen-bond acceptors (Lipinski definition) is 5. The second kappa shape index (κ2) is 5.45. The normalized spacial score (nSPS) is 29.7. The lowest BCUT2D eigenvalue weighted by atomic mass is 9.69. The van der Waals surface area contributed by atoms with E-state index in [0.717, 1.165) is 0 Å². The van der Waals surface area contributed by atoms with Crippen LogP contribution in [0.5, 0.6) is 0 Å². The third-order valence-corrected chi connectivity index (χ3v) is 4.29. The number of aldehydes is 1. The number of alkyl halides is 3. The molecule has 0 spiro atoms. The molecule has 22 heavy (non-hydrogen) atoms. The Morgan fingerprint density at radius 2 is 1.77 bits per heavy atom. The maximum atomic E-state index is 12.6. The lowest BCUT2D eigenvalue weighted by Gasteiger charge is -2.50. The van der Waals surface area contributed by atoms with Crippen LogP contribution in [0, 0.1) is 0 Å². The summed E-state index contributed by atoms with van der Waals surface area (Å²) in [6.07, 6.45) is -5.13. The molecule has 0 saturated heterocycles. The van der Waals surface area contributed by atoms with Crippen molar-refractivity contribution in [1.29, 1.82) is 0 Å². The molecule has 6 nitrogen and oxygen atoms in total. The SMILES string of the molecule is O=CNC1(C(=O)C(F)(F)F)CC(OC2(C(=O)C=O)CCC2)C1. The first-order valence-corrected chi connectivity index (χ1v) is 6.69. The molecule has 0 radical (unpaired) electrons. The summed E-state index contributed by atoms with van der Waals surface area (Å²) in [5, 5.41) is 1.91. The minimum absolute atomic E-state index is 0.0373. The van der Waals surface area contributed by atoms with Crippen LogP contribution in [-0.4, -0.2) is 47.7 Å². The number of halogens is 3. The standard InChI is InChI=1S/C13H14F3NO5/c14-13(15,16)10(21)11(17-7-19)4-8(5-11)22-12(2-1-3-12)9(20)6-18/h6-8H,1-5H2,(H,17,19). The summed E-state index contributed by atoms with van der Waals surface area (Å²) in [5.74, 6) is -2.79. The molecule has 1 N–H and O–H groups in total. The predicted molar refractivity (Wildman–Crippen MR) is 64.8 cm³/mol. The van der Waals surface area contributed by atoms with Crippen LogP contribution in [0.25, 0.3) is 0 Å². The topological polar surface area (TPSA) is 89.5 Å². The molecule has 2 aliphatic rings. The molecular weight excluding hydrogens is 307 g/mol. The van der Waals surface area contributed by atoms with Crippen molar-refractivity contribution in [3.63, 3.8) is 0 Å². The monoisotopic (exact) mass is 321 g/mol. The summed E-state index contributed by atoms with van der Waals surface area (Å²) < 4.78 is 43.2. The predicted octanol–water partition coefficient (Wildman–Crippen LogP) is 0.472. The molecule has 2 saturated carbocycles. The van der Waals surface area contributed by atoms with Crippen LogP contribution in [-0.2, 0) is 23.9 Å². The maximum absolute atomic E-state index is 12.6. The van der Waals surface area contributed by atoms with Crippen LogP contribution in [0.4, 0.5) is 13.2 Å². The molecule has 0 heterocycles. The molecule has 0 aromatic rings. The van der Waals surface area contributed by atoms with E-state index in [-0.39, 0.29) is 25.5 Å². The molecule has 0 aromatic carbocycles. The number of carbonyl (C=O) groups excluding carboxylic acids is 4. The van der Waals surface area contributed by atoms with Crippen molar-refractivity contribution in [3.05, 3.63) is 0 Å². The number of ether oxygens (including phenoxy) is 1. The highest BCUT2D eigenvalue weighted by molar-refractivity contribution is 6.29. The van der Waals surface area contributed by atoms with Gasteiger partial charge in [0.2, 0.25) is 12.2 Å². The lowest BCUT2D eigenvalue weighted by molar-refractivity contribution is -0.205. The highest BCUT2D eigenvalue weighted by Crippen LogP contribution is 2.45. The summed E-state index contributed by atoms with van der Waals surface area (Å²) in [6, 6.07) is 0. The van der Waals surface area contributed by atoms with Crippen molar-refractivity contribution in [3.8, 4) is 0 Å². The molecule has 0 bridgehead atoms. The molecule has 2 aliphatic carbocycles. The number of carbonyl (C=O) groups is 4. The lowest BCUT2D eigenvalue weighted by Crippen LogP contribution is -2.67.